The second kappa shape index (κ2) is 5.94. The maximum absolute atomic E-state index is 12.4. The molecule has 0 spiro atoms. The zero-order valence-electron chi connectivity index (χ0n) is 11.8. The molecule has 0 aliphatic heterocycles. The van der Waals surface area contributed by atoms with Gasteiger partial charge in [0.1, 0.15) is 0 Å². The molecule has 3 rings (SSSR count). The van der Waals surface area contributed by atoms with Crippen molar-refractivity contribution in [1.82, 2.24) is 0 Å². The second-order valence-electron chi connectivity index (χ2n) is 5.15. The van der Waals surface area contributed by atoms with E-state index in [0.717, 1.165) is 16.7 Å². The molecule has 3 aromatic rings. The first-order valence-corrected chi connectivity index (χ1v) is 7.12. The predicted molar refractivity (Wildman–Crippen MR) is 84.8 cm³/mol. The van der Waals surface area contributed by atoms with Gasteiger partial charge in [-0.2, -0.15) is 0 Å². The standard InChI is InChI=1S/C20H17O/c21-16-20(17-10-4-1-5-11-17,18-12-6-2-7-13-18)19-14-8-3-9-15-19/h1-15H,16H2. The van der Waals surface area contributed by atoms with Crippen molar-refractivity contribution in [1.29, 1.82) is 0 Å². The van der Waals surface area contributed by atoms with Gasteiger partial charge < -0.3 is 0 Å². The quantitative estimate of drug-likeness (QED) is 0.626. The van der Waals surface area contributed by atoms with Gasteiger partial charge in [0.05, 0.1) is 12.0 Å². The predicted octanol–water partition coefficient (Wildman–Crippen LogP) is 4.45. The Bertz CT molecular complexity index is 578. The summed E-state index contributed by atoms with van der Waals surface area (Å²) in [5.41, 5.74) is 2.48. The Morgan fingerprint density at radius 3 is 1.05 bits per heavy atom. The summed E-state index contributed by atoms with van der Waals surface area (Å²) in [4.78, 5) is 0. The molecule has 1 nitrogen and oxygen atoms in total. The lowest BCUT2D eigenvalue weighted by molar-refractivity contribution is 0.155. The van der Waals surface area contributed by atoms with Crippen molar-refractivity contribution in [3.8, 4) is 0 Å². The van der Waals surface area contributed by atoms with E-state index in [1.54, 1.807) is 0 Å². The van der Waals surface area contributed by atoms with Crippen LogP contribution >= 0.6 is 0 Å². The van der Waals surface area contributed by atoms with E-state index >= 15 is 0 Å². The summed E-state index contributed by atoms with van der Waals surface area (Å²) in [6, 6.07) is 30.1. The number of hydrogen-bond donors (Lipinski definition) is 0. The van der Waals surface area contributed by atoms with Crippen LogP contribution in [-0.4, -0.2) is 6.61 Å². The van der Waals surface area contributed by atoms with Crippen LogP contribution in [0.1, 0.15) is 16.7 Å². The van der Waals surface area contributed by atoms with E-state index in [1.165, 1.54) is 0 Å². The molecule has 0 aliphatic carbocycles. The van der Waals surface area contributed by atoms with Crippen molar-refractivity contribution in [2.75, 3.05) is 6.61 Å². The number of hydrogen-bond acceptors (Lipinski definition) is 0. The third kappa shape index (κ3) is 2.37. The summed E-state index contributed by atoms with van der Waals surface area (Å²) < 4.78 is 0. The maximum Gasteiger partial charge on any atom is 0.1000 e. The SMILES string of the molecule is [O]CC(c1ccccc1)(c1ccccc1)c1ccccc1. The van der Waals surface area contributed by atoms with Gasteiger partial charge in [0.25, 0.3) is 0 Å². The Hall–Kier alpha value is -2.38. The summed E-state index contributed by atoms with van der Waals surface area (Å²) in [7, 11) is 0. The average molecular weight is 273 g/mol. The molecule has 0 aromatic heterocycles. The molecule has 0 N–H and O–H groups in total. The van der Waals surface area contributed by atoms with Crippen molar-refractivity contribution in [2.24, 2.45) is 0 Å². The Morgan fingerprint density at radius 1 is 0.524 bits per heavy atom. The Morgan fingerprint density at radius 2 is 0.810 bits per heavy atom. The van der Waals surface area contributed by atoms with Gasteiger partial charge in [-0.25, -0.2) is 5.11 Å². The van der Waals surface area contributed by atoms with Crippen LogP contribution in [0, 0.1) is 0 Å². The summed E-state index contributed by atoms with van der Waals surface area (Å²) >= 11 is 0. The lowest BCUT2D eigenvalue weighted by Crippen LogP contribution is -2.32. The molecule has 3 aromatic carbocycles. The topological polar surface area (TPSA) is 19.9 Å². The molecule has 0 saturated heterocycles. The number of benzene rings is 3. The summed E-state index contributed by atoms with van der Waals surface area (Å²) in [6.45, 7) is -0.217. The highest BCUT2D eigenvalue weighted by Gasteiger charge is 2.36. The normalized spacial score (nSPS) is 11.3. The van der Waals surface area contributed by atoms with Gasteiger partial charge in [-0.3, -0.25) is 0 Å². The molecule has 0 heterocycles. The van der Waals surface area contributed by atoms with E-state index in [1.807, 2.05) is 91.0 Å². The fourth-order valence-corrected chi connectivity index (χ4v) is 2.92. The Kier molecular flexibility index (Phi) is 3.85. The lowest BCUT2D eigenvalue weighted by Gasteiger charge is -2.33. The molecule has 0 aliphatic rings. The highest BCUT2D eigenvalue weighted by molar-refractivity contribution is 5.50. The van der Waals surface area contributed by atoms with E-state index in [4.69, 9.17) is 0 Å². The highest BCUT2D eigenvalue weighted by Crippen LogP contribution is 2.38. The van der Waals surface area contributed by atoms with Crippen LogP contribution in [0.4, 0.5) is 0 Å². The fraction of sp³-hybridized carbons (Fsp3) is 0.100. The van der Waals surface area contributed by atoms with Gasteiger partial charge in [0.15, 0.2) is 0 Å². The molecule has 0 bridgehead atoms. The van der Waals surface area contributed by atoms with E-state index in [9.17, 15) is 5.11 Å². The third-order valence-corrected chi connectivity index (χ3v) is 4.02. The van der Waals surface area contributed by atoms with Crippen molar-refractivity contribution in [3.05, 3.63) is 108 Å². The zero-order chi connectivity index (χ0) is 14.5. The number of rotatable bonds is 4. The molecule has 0 unspecified atom stereocenters. The first kappa shape index (κ1) is 13.6. The van der Waals surface area contributed by atoms with Crippen LogP contribution in [0.5, 0.6) is 0 Å². The smallest absolute Gasteiger partial charge is 0.1000 e. The summed E-state index contributed by atoms with van der Waals surface area (Å²) in [5, 5.41) is 12.4. The molecule has 1 heteroatoms. The minimum absolute atomic E-state index is 0.217. The lowest BCUT2D eigenvalue weighted by atomic mass is 9.70. The van der Waals surface area contributed by atoms with Crippen LogP contribution in [-0.2, 0) is 10.5 Å². The second-order valence-corrected chi connectivity index (χ2v) is 5.15. The van der Waals surface area contributed by atoms with Gasteiger partial charge in [0.2, 0.25) is 0 Å². The van der Waals surface area contributed by atoms with Crippen molar-refractivity contribution < 1.29 is 5.11 Å². The molecule has 0 amide bonds. The molecule has 0 fully saturated rings. The van der Waals surface area contributed by atoms with Gasteiger partial charge in [-0.15, -0.1) is 0 Å². The third-order valence-electron chi connectivity index (χ3n) is 4.02. The monoisotopic (exact) mass is 273 g/mol. The van der Waals surface area contributed by atoms with Crippen LogP contribution < -0.4 is 0 Å². The van der Waals surface area contributed by atoms with Gasteiger partial charge in [-0.1, -0.05) is 91.0 Å². The van der Waals surface area contributed by atoms with E-state index < -0.39 is 5.41 Å². The molecule has 103 valence electrons. The Balaban J connectivity index is 2.29. The minimum atomic E-state index is -0.635. The van der Waals surface area contributed by atoms with Gasteiger partial charge in [-0.05, 0) is 16.7 Å². The molecule has 0 saturated carbocycles. The van der Waals surface area contributed by atoms with Crippen LogP contribution in [0.15, 0.2) is 91.0 Å². The zero-order valence-corrected chi connectivity index (χ0v) is 11.8. The minimum Gasteiger partial charge on any atom is -0.235 e. The average Bonchev–Trinajstić information content (AvgIpc) is 2.59. The highest BCUT2D eigenvalue weighted by atomic mass is 16.3. The fourth-order valence-electron chi connectivity index (χ4n) is 2.92. The van der Waals surface area contributed by atoms with Crippen LogP contribution in [0.25, 0.3) is 0 Å². The molecule has 1 radical (unpaired) electrons. The molecule has 21 heavy (non-hydrogen) atoms. The Labute approximate surface area is 125 Å². The first-order valence-electron chi connectivity index (χ1n) is 7.12. The van der Waals surface area contributed by atoms with E-state index in [0.29, 0.717) is 0 Å². The van der Waals surface area contributed by atoms with Crippen molar-refractivity contribution >= 4 is 0 Å². The first-order chi connectivity index (χ1) is 10.4. The largest absolute Gasteiger partial charge is 0.235 e. The molecule has 0 atom stereocenters. The van der Waals surface area contributed by atoms with Crippen molar-refractivity contribution in [3.63, 3.8) is 0 Å². The molecular formula is C20H17O. The van der Waals surface area contributed by atoms with E-state index in [2.05, 4.69) is 0 Å². The van der Waals surface area contributed by atoms with Crippen molar-refractivity contribution in [2.45, 2.75) is 5.41 Å². The summed E-state index contributed by atoms with van der Waals surface area (Å²) in [6.07, 6.45) is 0. The van der Waals surface area contributed by atoms with Crippen LogP contribution in [0.2, 0.25) is 0 Å². The summed E-state index contributed by atoms with van der Waals surface area (Å²) in [5.74, 6) is 0. The van der Waals surface area contributed by atoms with E-state index in [-0.39, 0.29) is 6.61 Å². The van der Waals surface area contributed by atoms with Crippen LogP contribution in [0.3, 0.4) is 0 Å². The molecular weight excluding hydrogens is 256 g/mol. The van der Waals surface area contributed by atoms with Gasteiger partial charge >= 0.3 is 0 Å². The van der Waals surface area contributed by atoms with Gasteiger partial charge in [0, 0.05) is 0 Å². The maximum atomic E-state index is 12.4.